The summed E-state index contributed by atoms with van der Waals surface area (Å²) in [6.07, 6.45) is 0.0732. The largest absolute Gasteiger partial charge is 0.444 e. The van der Waals surface area contributed by atoms with Gasteiger partial charge in [-0.05, 0) is 62.1 Å². The number of alkyl carbamates (subject to hydrolysis) is 1. The fourth-order valence-corrected chi connectivity index (χ4v) is 5.41. The van der Waals surface area contributed by atoms with E-state index in [-0.39, 0.29) is 24.9 Å². The Morgan fingerprint density at radius 1 is 0.900 bits per heavy atom. The Morgan fingerprint density at radius 3 is 2.30 bits per heavy atom. The Hall–Kier alpha value is -3.55. The van der Waals surface area contributed by atoms with Gasteiger partial charge in [0.1, 0.15) is 5.60 Å². The van der Waals surface area contributed by atoms with E-state index < -0.39 is 23.7 Å². The molecule has 3 aromatic rings. The lowest BCUT2D eigenvalue weighted by Crippen LogP contribution is -2.50. The van der Waals surface area contributed by atoms with Crippen molar-refractivity contribution in [3.8, 4) is 0 Å². The summed E-state index contributed by atoms with van der Waals surface area (Å²) in [5.41, 5.74) is 2.09. The number of hydrogen-bond donors (Lipinski definition) is 2. The van der Waals surface area contributed by atoms with Crippen LogP contribution in [0, 0.1) is 0 Å². The summed E-state index contributed by atoms with van der Waals surface area (Å²) in [5.74, 6) is -1.23. The van der Waals surface area contributed by atoms with Gasteiger partial charge in [-0.25, -0.2) is 4.79 Å². The number of fused-ring (bicyclic) bond motifs is 1. The Kier molecular flexibility index (Phi) is 9.38. The van der Waals surface area contributed by atoms with E-state index in [1.54, 1.807) is 56.0 Å². The minimum Gasteiger partial charge on any atom is -0.444 e. The molecule has 1 heterocycles. The Labute approximate surface area is 244 Å². The summed E-state index contributed by atoms with van der Waals surface area (Å²) in [6.45, 7) is 6.00. The zero-order valence-electron chi connectivity index (χ0n) is 22.7. The van der Waals surface area contributed by atoms with Crippen molar-refractivity contribution >= 4 is 41.1 Å². The number of rotatable bonds is 8. The molecule has 2 N–H and O–H groups in total. The maximum absolute atomic E-state index is 13.9. The van der Waals surface area contributed by atoms with Crippen LogP contribution in [0.25, 0.3) is 0 Å². The highest BCUT2D eigenvalue weighted by Gasteiger charge is 2.44. The maximum Gasteiger partial charge on any atom is 0.407 e. The molecule has 0 aromatic heterocycles. The fraction of sp³-hybridized carbons (Fsp3) is 0.323. The molecule has 0 fully saturated rings. The summed E-state index contributed by atoms with van der Waals surface area (Å²) in [4.78, 5) is 41.6. The van der Waals surface area contributed by atoms with E-state index in [0.717, 1.165) is 5.56 Å². The van der Waals surface area contributed by atoms with Gasteiger partial charge >= 0.3 is 6.09 Å². The van der Waals surface area contributed by atoms with Crippen molar-refractivity contribution in [1.29, 1.82) is 0 Å². The third-order valence-electron chi connectivity index (χ3n) is 6.58. The van der Waals surface area contributed by atoms with Crippen molar-refractivity contribution in [2.24, 2.45) is 0 Å². The van der Waals surface area contributed by atoms with Crippen LogP contribution in [-0.2, 0) is 16.0 Å². The second-order valence-corrected chi connectivity index (χ2v) is 11.5. The molecule has 3 amide bonds. The first-order valence-electron chi connectivity index (χ1n) is 13.2. The molecule has 0 bridgehead atoms. The van der Waals surface area contributed by atoms with Crippen LogP contribution in [0.3, 0.4) is 0 Å². The van der Waals surface area contributed by atoms with Gasteiger partial charge in [0.25, 0.3) is 5.91 Å². The normalized spacial score (nSPS) is 16.7. The Bertz CT molecular complexity index is 1370. The lowest BCUT2D eigenvalue weighted by molar-refractivity contribution is -0.124. The van der Waals surface area contributed by atoms with Gasteiger partial charge in [-0.1, -0.05) is 77.8 Å². The number of carbonyl (C=O) groups is 3. The first kappa shape index (κ1) is 29.4. The summed E-state index contributed by atoms with van der Waals surface area (Å²) in [5, 5.41) is 6.57. The molecule has 0 saturated heterocycles. The third-order valence-corrected chi connectivity index (χ3v) is 7.14. The number of hydrogen-bond acceptors (Lipinski definition) is 4. The SMILES string of the molecule is CC(C)(C)OC(=O)NCCN1C(=O)c2ccccc2C(C(=O)NCCc2ccccc2)C1c1ccc(Cl)cc1Cl. The predicted molar refractivity (Wildman–Crippen MR) is 157 cm³/mol. The molecule has 0 radical (unpaired) electrons. The number of amides is 3. The van der Waals surface area contributed by atoms with Crippen molar-refractivity contribution in [3.63, 3.8) is 0 Å². The van der Waals surface area contributed by atoms with Gasteiger partial charge < -0.3 is 20.3 Å². The van der Waals surface area contributed by atoms with Gasteiger partial charge in [-0.15, -0.1) is 0 Å². The van der Waals surface area contributed by atoms with E-state index in [0.29, 0.717) is 39.7 Å². The number of carbonyl (C=O) groups excluding carboxylic acids is 3. The van der Waals surface area contributed by atoms with E-state index in [9.17, 15) is 14.4 Å². The molecule has 3 aromatic carbocycles. The lowest BCUT2D eigenvalue weighted by Gasteiger charge is -2.42. The number of ether oxygens (including phenoxy) is 1. The molecule has 0 saturated carbocycles. The highest BCUT2D eigenvalue weighted by molar-refractivity contribution is 6.35. The third kappa shape index (κ3) is 7.14. The molecule has 0 aliphatic carbocycles. The topological polar surface area (TPSA) is 87.7 Å². The van der Waals surface area contributed by atoms with Crippen molar-refractivity contribution in [3.05, 3.63) is 105 Å². The predicted octanol–water partition coefficient (Wildman–Crippen LogP) is 6.16. The smallest absolute Gasteiger partial charge is 0.407 e. The second kappa shape index (κ2) is 12.7. The molecular weight excluding hydrogens is 549 g/mol. The van der Waals surface area contributed by atoms with Crippen LogP contribution >= 0.6 is 23.2 Å². The van der Waals surface area contributed by atoms with E-state index in [4.69, 9.17) is 27.9 Å². The highest BCUT2D eigenvalue weighted by atomic mass is 35.5. The molecule has 0 spiro atoms. The minimum atomic E-state index is -0.745. The quantitative estimate of drug-likeness (QED) is 0.333. The monoisotopic (exact) mass is 581 g/mol. The zero-order valence-corrected chi connectivity index (χ0v) is 24.3. The molecule has 40 heavy (non-hydrogen) atoms. The van der Waals surface area contributed by atoms with Crippen LogP contribution in [0.5, 0.6) is 0 Å². The van der Waals surface area contributed by atoms with Gasteiger partial charge in [0.2, 0.25) is 5.91 Å². The van der Waals surface area contributed by atoms with Crippen LogP contribution in [0.15, 0.2) is 72.8 Å². The molecule has 7 nitrogen and oxygen atoms in total. The highest BCUT2D eigenvalue weighted by Crippen LogP contribution is 2.45. The summed E-state index contributed by atoms with van der Waals surface area (Å²) < 4.78 is 5.34. The van der Waals surface area contributed by atoms with E-state index >= 15 is 0 Å². The van der Waals surface area contributed by atoms with Crippen molar-refractivity contribution in [2.75, 3.05) is 19.6 Å². The summed E-state index contributed by atoms with van der Waals surface area (Å²) >= 11 is 12.9. The summed E-state index contributed by atoms with van der Waals surface area (Å²) in [7, 11) is 0. The zero-order chi connectivity index (χ0) is 28.9. The van der Waals surface area contributed by atoms with Gasteiger partial charge in [0.05, 0.1) is 12.0 Å². The van der Waals surface area contributed by atoms with Crippen LogP contribution in [-0.4, -0.2) is 48.0 Å². The molecule has 2 unspecified atom stereocenters. The molecule has 2 atom stereocenters. The van der Waals surface area contributed by atoms with Gasteiger partial charge in [-0.3, -0.25) is 9.59 Å². The fourth-order valence-electron chi connectivity index (χ4n) is 4.89. The molecular formula is C31H33Cl2N3O4. The van der Waals surface area contributed by atoms with Crippen molar-refractivity contribution < 1.29 is 19.1 Å². The van der Waals surface area contributed by atoms with Crippen LogP contribution in [0.2, 0.25) is 10.0 Å². The number of nitrogens with one attached hydrogen (secondary N) is 2. The Morgan fingerprint density at radius 2 is 1.60 bits per heavy atom. The van der Waals surface area contributed by atoms with E-state index in [1.807, 2.05) is 42.5 Å². The van der Waals surface area contributed by atoms with Crippen molar-refractivity contribution in [2.45, 2.75) is 44.8 Å². The summed E-state index contributed by atoms with van der Waals surface area (Å²) in [6, 6.07) is 21.3. The maximum atomic E-state index is 13.9. The second-order valence-electron chi connectivity index (χ2n) is 10.6. The molecule has 1 aliphatic rings. The van der Waals surface area contributed by atoms with Crippen molar-refractivity contribution in [1.82, 2.24) is 15.5 Å². The first-order valence-corrected chi connectivity index (χ1v) is 13.9. The lowest BCUT2D eigenvalue weighted by atomic mass is 9.79. The Balaban J connectivity index is 1.66. The van der Waals surface area contributed by atoms with Gasteiger partial charge in [0, 0.05) is 35.2 Å². The van der Waals surface area contributed by atoms with E-state index in [2.05, 4.69) is 10.6 Å². The van der Waals surface area contributed by atoms with Crippen LogP contribution in [0.4, 0.5) is 4.79 Å². The molecule has 210 valence electrons. The average molecular weight is 583 g/mol. The van der Waals surface area contributed by atoms with Gasteiger partial charge in [-0.2, -0.15) is 0 Å². The average Bonchev–Trinajstić information content (AvgIpc) is 2.89. The number of nitrogens with zero attached hydrogens (tertiary/aromatic N) is 1. The van der Waals surface area contributed by atoms with Crippen LogP contribution in [0.1, 0.15) is 59.8 Å². The van der Waals surface area contributed by atoms with E-state index in [1.165, 1.54) is 0 Å². The van der Waals surface area contributed by atoms with Gasteiger partial charge in [0.15, 0.2) is 0 Å². The standard InChI is InChI=1S/C31H33Cl2N3O4/c1-31(2,3)40-30(39)35-17-18-36-27(24-14-13-21(32)19-25(24)33)26(22-11-7-8-12-23(22)29(36)38)28(37)34-16-15-20-9-5-4-6-10-20/h4-14,19,26-27H,15-18H2,1-3H3,(H,34,37)(H,35,39). The van der Waals surface area contributed by atoms with Crippen LogP contribution < -0.4 is 10.6 Å². The first-order chi connectivity index (χ1) is 19.0. The number of benzene rings is 3. The molecule has 4 rings (SSSR count). The molecule has 9 heteroatoms. The molecule has 1 aliphatic heterocycles. The minimum absolute atomic E-state index is 0.118. The number of halogens is 2.